The van der Waals surface area contributed by atoms with Crippen molar-refractivity contribution in [3.8, 4) is 0 Å². The van der Waals surface area contributed by atoms with Crippen LogP contribution in [0.25, 0.3) is 0 Å². The van der Waals surface area contributed by atoms with Gasteiger partial charge in [0.1, 0.15) is 24.0 Å². The van der Waals surface area contributed by atoms with E-state index < -0.39 is 59.1 Å². The zero-order chi connectivity index (χ0) is 30.3. The summed E-state index contributed by atoms with van der Waals surface area (Å²) in [6.45, 7) is 5.46. The van der Waals surface area contributed by atoms with E-state index in [1.54, 1.807) is 32.9 Å². The van der Waals surface area contributed by atoms with Gasteiger partial charge < -0.3 is 19.7 Å². The molecule has 1 saturated heterocycles. The lowest BCUT2D eigenvalue weighted by Gasteiger charge is -2.35. The number of halogens is 5. The number of fused-ring (bicyclic) bond motifs is 1. The van der Waals surface area contributed by atoms with Crippen molar-refractivity contribution in [1.82, 2.24) is 9.80 Å². The summed E-state index contributed by atoms with van der Waals surface area (Å²) in [6.07, 6.45) is -6.46. The van der Waals surface area contributed by atoms with Crippen molar-refractivity contribution in [2.45, 2.75) is 64.6 Å². The maximum Gasteiger partial charge on any atom is 0.419 e. The second-order valence-electron chi connectivity index (χ2n) is 11.1. The SMILES string of the molecule is COC(=O)[C@@H]1C[C@@H](OC(=O)N2Cc3cccc(Cl)c3C2)CN1C(=O)C(Nc1ccc(F)c(C(F)(F)F)c1)C(C)(C)C. The summed E-state index contributed by atoms with van der Waals surface area (Å²) >= 11 is 6.24. The van der Waals surface area contributed by atoms with Crippen LogP contribution < -0.4 is 5.32 Å². The van der Waals surface area contributed by atoms with Crippen molar-refractivity contribution in [3.63, 3.8) is 0 Å². The molecule has 2 amide bonds. The molecule has 2 aromatic rings. The lowest BCUT2D eigenvalue weighted by Crippen LogP contribution is -2.53. The topological polar surface area (TPSA) is 88.2 Å². The molecule has 1 unspecified atom stereocenters. The van der Waals surface area contributed by atoms with Gasteiger partial charge in [0, 0.05) is 23.7 Å². The highest BCUT2D eigenvalue weighted by Crippen LogP contribution is 2.35. The average molecular weight is 600 g/mol. The molecule has 0 bridgehead atoms. The van der Waals surface area contributed by atoms with Gasteiger partial charge in [-0.05, 0) is 40.8 Å². The van der Waals surface area contributed by atoms with Crippen molar-refractivity contribution in [3.05, 3.63) is 63.9 Å². The first-order valence-electron chi connectivity index (χ1n) is 12.8. The molecule has 41 heavy (non-hydrogen) atoms. The smallest absolute Gasteiger partial charge is 0.419 e. The largest absolute Gasteiger partial charge is 0.467 e. The minimum absolute atomic E-state index is 0.0304. The number of hydrogen-bond donors (Lipinski definition) is 1. The Balaban J connectivity index is 1.53. The van der Waals surface area contributed by atoms with Crippen molar-refractivity contribution in [2.24, 2.45) is 5.41 Å². The molecule has 2 aromatic carbocycles. The number of alkyl halides is 3. The monoisotopic (exact) mass is 599 g/mol. The first-order valence-corrected chi connectivity index (χ1v) is 13.2. The first kappa shape index (κ1) is 30.4. The third kappa shape index (κ3) is 6.52. The van der Waals surface area contributed by atoms with E-state index in [0.717, 1.165) is 24.3 Å². The second-order valence-corrected chi connectivity index (χ2v) is 11.5. The quantitative estimate of drug-likeness (QED) is 0.355. The van der Waals surface area contributed by atoms with Crippen LogP contribution in [0.4, 0.5) is 28.0 Å². The minimum Gasteiger partial charge on any atom is -0.467 e. The maximum absolute atomic E-state index is 13.9. The standard InChI is InChI=1S/C28H30ClF4N3O5/c1-27(2,3)23(34-16-8-9-21(30)19(10-16)28(31,32)33)24(37)36-13-17(11-22(36)25(38)40-4)41-26(39)35-12-15-6-5-7-20(29)18(15)14-35/h5-10,17,22-23,34H,11-14H2,1-4H3/t17-,22+,23?/m1/s1. The number of carbonyl (C=O) groups excluding carboxylic acids is 3. The summed E-state index contributed by atoms with van der Waals surface area (Å²) in [5, 5.41) is 3.32. The molecule has 8 nitrogen and oxygen atoms in total. The minimum atomic E-state index is -4.94. The van der Waals surface area contributed by atoms with Crippen LogP contribution >= 0.6 is 11.6 Å². The van der Waals surface area contributed by atoms with Gasteiger partial charge >= 0.3 is 18.2 Å². The molecule has 2 aliphatic heterocycles. The van der Waals surface area contributed by atoms with Crippen LogP contribution in [0.15, 0.2) is 36.4 Å². The van der Waals surface area contributed by atoms with Gasteiger partial charge in [-0.15, -0.1) is 0 Å². The van der Waals surface area contributed by atoms with Gasteiger partial charge in [0.15, 0.2) is 0 Å². The summed E-state index contributed by atoms with van der Waals surface area (Å²) < 4.78 is 64.3. The van der Waals surface area contributed by atoms with Gasteiger partial charge in [-0.3, -0.25) is 9.69 Å². The molecule has 4 rings (SSSR count). The number of amides is 2. The molecule has 0 aromatic heterocycles. The van der Waals surface area contributed by atoms with Gasteiger partial charge in [-0.2, -0.15) is 13.2 Å². The van der Waals surface area contributed by atoms with E-state index in [2.05, 4.69) is 5.32 Å². The van der Waals surface area contributed by atoms with E-state index in [4.69, 9.17) is 21.1 Å². The van der Waals surface area contributed by atoms with Crippen molar-refractivity contribution < 1.29 is 41.4 Å². The van der Waals surface area contributed by atoms with E-state index in [9.17, 15) is 31.9 Å². The van der Waals surface area contributed by atoms with Crippen LogP contribution in [0.3, 0.4) is 0 Å². The molecule has 0 radical (unpaired) electrons. The van der Waals surface area contributed by atoms with Crippen molar-refractivity contribution >= 4 is 35.3 Å². The number of likely N-dealkylation sites (tertiary alicyclic amines) is 1. The lowest BCUT2D eigenvalue weighted by molar-refractivity contribution is -0.151. The van der Waals surface area contributed by atoms with Crippen LogP contribution in [-0.4, -0.2) is 59.6 Å². The molecular formula is C28H30ClF4N3O5. The number of anilines is 1. The molecule has 2 heterocycles. The summed E-state index contributed by atoms with van der Waals surface area (Å²) in [4.78, 5) is 42.1. The number of nitrogens with zero attached hydrogens (tertiary/aromatic N) is 2. The Kier molecular flexibility index (Phi) is 8.45. The van der Waals surface area contributed by atoms with Crippen molar-refractivity contribution in [1.29, 1.82) is 0 Å². The number of ether oxygens (including phenoxy) is 2. The highest BCUT2D eigenvalue weighted by molar-refractivity contribution is 6.31. The van der Waals surface area contributed by atoms with E-state index >= 15 is 0 Å². The highest BCUT2D eigenvalue weighted by atomic mass is 35.5. The van der Waals surface area contributed by atoms with Gasteiger partial charge in [-0.1, -0.05) is 44.5 Å². The predicted molar refractivity (Wildman–Crippen MR) is 141 cm³/mol. The molecule has 1 fully saturated rings. The van der Waals surface area contributed by atoms with E-state index in [0.29, 0.717) is 17.2 Å². The molecular weight excluding hydrogens is 570 g/mol. The van der Waals surface area contributed by atoms with Gasteiger partial charge in [-0.25, -0.2) is 14.0 Å². The highest BCUT2D eigenvalue weighted by Gasteiger charge is 2.47. The zero-order valence-electron chi connectivity index (χ0n) is 22.9. The number of nitrogens with one attached hydrogen (secondary N) is 1. The summed E-state index contributed by atoms with van der Waals surface area (Å²) in [5.41, 5.74) is -0.765. The third-order valence-corrected chi connectivity index (χ3v) is 7.52. The Hall–Kier alpha value is -3.54. The molecule has 1 N–H and O–H groups in total. The van der Waals surface area contributed by atoms with Crippen LogP contribution in [0.5, 0.6) is 0 Å². The molecule has 0 aliphatic carbocycles. The van der Waals surface area contributed by atoms with Crippen LogP contribution in [0, 0.1) is 11.2 Å². The Bertz CT molecular complexity index is 1350. The van der Waals surface area contributed by atoms with Gasteiger partial charge in [0.25, 0.3) is 0 Å². The predicted octanol–water partition coefficient (Wildman–Crippen LogP) is 5.62. The summed E-state index contributed by atoms with van der Waals surface area (Å²) in [5.74, 6) is -2.80. The lowest BCUT2D eigenvalue weighted by atomic mass is 9.85. The Morgan fingerprint density at radius 1 is 1.10 bits per heavy atom. The zero-order valence-corrected chi connectivity index (χ0v) is 23.6. The van der Waals surface area contributed by atoms with Gasteiger partial charge in [0.05, 0.1) is 25.8 Å². The fourth-order valence-corrected chi connectivity index (χ4v) is 5.28. The van der Waals surface area contributed by atoms with Crippen molar-refractivity contribution in [2.75, 3.05) is 19.0 Å². The number of esters is 1. The number of methoxy groups -OCH3 is 1. The van der Waals surface area contributed by atoms with Gasteiger partial charge in [0.2, 0.25) is 5.91 Å². The number of rotatable bonds is 5. The average Bonchev–Trinajstić information content (AvgIpc) is 3.51. The van der Waals surface area contributed by atoms with Crippen LogP contribution in [0.2, 0.25) is 5.02 Å². The fraction of sp³-hybridized carbons (Fsp3) is 0.464. The normalized spacial score (nSPS) is 19.5. The molecule has 0 saturated carbocycles. The van der Waals surface area contributed by atoms with E-state index in [-0.39, 0.29) is 31.7 Å². The van der Waals surface area contributed by atoms with E-state index in [1.807, 2.05) is 6.07 Å². The van der Waals surface area contributed by atoms with Crippen LogP contribution in [-0.2, 0) is 38.3 Å². The number of carbonyl (C=O) groups is 3. The first-order chi connectivity index (χ1) is 19.1. The third-order valence-electron chi connectivity index (χ3n) is 7.17. The molecule has 13 heteroatoms. The Labute approximate surface area is 239 Å². The second kappa shape index (κ2) is 11.4. The fourth-order valence-electron chi connectivity index (χ4n) is 5.03. The van der Waals surface area contributed by atoms with E-state index in [1.165, 1.54) is 9.80 Å². The Morgan fingerprint density at radius 2 is 1.80 bits per heavy atom. The maximum atomic E-state index is 13.9. The molecule has 222 valence electrons. The molecule has 3 atom stereocenters. The number of benzene rings is 2. The van der Waals surface area contributed by atoms with Crippen LogP contribution in [0.1, 0.15) is 43.9 Å². The molecule has 2 aliphatic rings. The summed E-state index contributed by atoms with van der Waals surface area (Å²) in [7, 11) is 1.16. The Morgan fingerprint density at radius 3 is 2.41 bits per heavy atom. The number of hydrogen-bond acceptors (Lipinski definition) is 6. The molecule has 0 spiro atoms. The summed E-state index contributed by atoms with van der Waals surface area (Å²) in [6, 6.07) is 5.50.